The number of rotatable bonds is 8. The number of nitrogens with one attached hydrogen (secondary N) is 2. The number of benzene rings is 1. The van der Waals surface area contributed by atoms with E-state index in [-0.39, 0.29) is 0 Å². The molecule has 1 aromatic rings. The maximum atomic E-state index is 11.8. The Morgan fingerprint density at radius 3 is 1.70 bits per heavy atom. The van der Waals surface area contributed by atoms with Crippen molar-refractivity contribution < 1.29 is 19.1 Å². The lowest BCUT2D eigenvalue weighted by Crippen LogP contribution is -2.41. The molecule has 0 saturated carbocycles. The van der Waals surface area contributed by atoms with Gasteiger partial charge in [0.15, 0.2) is 0 Å². The van der Waals surface area contributed by atoms with Crippen LogP contribution in [0.3, 0.4) is 0 Å². The van der Waals surface area contributed by atoms with Crippen molar-refractivity contribution in [2.24, 2.45) is 0 Å². The van der Waals surface area contributed by atoms with Crippen LogP contribution in [0, 0.1) is 11.3 Å². The highest BCUT2D eigenvalue weighted by atomic mass is 16.6. The second kappa shape index (κ2) is 11.4. The van der Waals surface area contributed by atoms with Gasteiger partial charge in [-0.2, -0.15) is 5.26 Å². The average molecular weight is 419 g/mol. The second-order valence-corrected chi connectivity index (χ2v) is 8.94. The van der Waals surface area contributed by atoms with Crippen LogP contribution in [-0.4, -0.2) is 54.5 Å². The Balaban J connectivity index is 2.60. The van der Waals surface area contributed by atoms with E-state index in [0.29, 0.717) is 38.3 Å². The highest BCUT2D eigenvalue weighted by Crippen LogP contribution is 2.09. The third-order valence-corrected chi connectivity index (χ3v) is 3.68. The quantitative estimate of drug-likeness (QED) is 0.670. The van der Waals surface area contributed by atoms with Gasteiger partial charge in [0.05, 0.1) is 11.6 Å². The van der Waals surface area contributed by atoms with Gasteiger partial charge in [-0.3, -0.25) is 4.90 Å². The van der Waals surface area contributed by atoms with Gasteiger partial charge >= 0.3 is 12.2 Å². The van der Waals surface area contributed by atoms with Gasteiger partial charge in [0, 0.05) is 32.7 Å². The first-order valence-electron chi connectivity index (χ1n) is 10.0. The molecule has 0 aliphatic heterocycles. The number of carbonyl (C=O) groups is 2. The van der Waals surface area contributed by atoms with Crippen LogP contribution in [0.4, 0.5) is 9.59 Å². The van der Waals surface area contributed by atoms with Crippen molar-refractivity contribution in [1.29, 1.82) is 5.26 Å². The van der Waals surface area contributed by atoms with Gasteiger partial charge in [0.2, 0.25) is 0 Å². The minimum Gasteiger partial charge on any atom is -0.444 e. The summed E-state index contributed by atoms with van der Waals surface area (Å²) in [6.07, 6.45) is -0.930. The highest BCUT2D eigenvalue weighted by Gasteiger charge is 2.17. The molecule has 0 atom stereocenters. The summed E-state index contributed by atoms with van der Waals surface area (Å²) in [5.41, 5.74) is 0.528. The van der Waals surface area contributed by atoms with Crippen LogP contribution in [0.5, 0.6) is 0 Å². The zero-order valence-electron chi connectivity index (χ0n) is 18.9. The van der Waals surface area contributed by atoms with Crippen molar-refractivity contribution in [2.45, 2.75) is 59.3 Å². The van der Waals surface area contributed by atoms with Gasteiger partial charge in [-0.15, -0.1) is 0 Å². The smallest absolute Gasteiger partial charge is 0.407 e. The molecule has 0 fully saturated rings. The molecule has 0 saturated heterocycles. The van der Waals surface area contributed by atoms with Gasteiger partial charge in [-0.1, -0.05) is 12.1 Å². The minimum atomic E-state index is -0.552. The van der Waals surface area contributed by atoms with Crippen molar-refractivity contribution in [2.75, 3.05) is 26.2 Å². The van der Waals surface area contributed by atoms with E-state index in [1.165, 1.54) is 0 Å². The number of hydrogen-bond donors (Lipinski definition) is 2. The average Bonchev–Trinajstić information content (AvgIpc) is 2.59. The van der Waals surface area contributed by atoms with E-state index in [0.717, 1.165) is 5.56 Å². The Morgan fingerprint density at radius 2 is 1.33 bits per heavy atom. The minimum absolute atomic E-state index is 0.400. The van der Waals surface area contributed by atoms with E-state index in [9.17, 15) is 9.59 Å². The SMILES string of the molecule is CC(C)(C)OC(=O)NCCN(CCNC(=O)OC(C)(C)C)Cc1ccc(C#N)cc1. The molecule has 166 valence electrons. The molecule has 0 unspecified atom stereocenters. The fourth-order valence-corrected chi connectivity index (χ4v) is 2.47. The summed E-state index contributed by atoms with van der Waals surface area (Å²) in [6, 6.07) is 9.43. The Morgan fingerprint density at radius 1 is 0.900 bits per heavy atom. The monoisotopic (exact) mass is 418 g/mol. The summed E-state index contributed by atoms with van der Waals surface area (Å²) in [7, 11) is 0. The van der Waals surface area contributed by atoms with Crippen LogP contribution in [-0.2, 0) is 16.0 Å². The Kier molecular flexibility index (Phi) is 9.60. The standard InChI is InChI=1S/C22H34N4O4/c1-21(2,3)29-19(27)24-11-13-26(14-12-25-20(28)30-22(4,5)6)16-18-9-7-17(15-23)8-10-18/h7-10H,11-14,16H2,1-6H3,(H,24,27)(H,25,28). The van der Waals surface area contributed by atoms with E-state index < -0.39 is 23.4 Å². The van der Waals surface area contributed by atoms with E-state index in [1.54, 1.807) is 12.1 Å². The van der Waals surface area contributed by atoms with Crippen molar-refractivity contribution in [3.05, 3.63) is 35.4 Å². The first-order chi connectivity index (χ1) is 13.9. The number of nitriles is 1. The van der Waals surface area contributed by atoms with Crippen molar-refractivity contribution in [3.8, 4) is 6.07 Å². The second-order valence-electron chi connectivity index (χ2n) is 8.94. The van der Waals surface area contributed by atoms with Crippen molar-refractivity contribution in [1.82, 2.24) is 15.5 Å². The highest BCUT2D eigenvalue weighted by molar-refractivity contribution is 5.68. The summed E-state index contributed by atoms with van der Waals surface area (Å²) in [6.45, 7) is 13.4. The lowest BCUT2D eigenvalue weighted by atomic mass is 10.1. The normalized spacial score (nSPS) is 11.5. The number of hydrogen-bond acceptors (Lipinski definition) is 6. The summed E-state index contributed by atoms with van der Waals surface area (Å²) < 4.78 is 10.5. The molecule has 8 heteroatoms. The molecule has 2 N–H and O–H groups in total. The van der Waals surface area contributed by atoms with E-state index in [4.69, 9.17) is 14.7 Å². The third kappa shape index (κ3) is 11.9. The molecular formula is C22H34N4O4. The number of alkyl carbamates (subject to hydrolysis) is 2. The summed E-state index contributed by atoms with van der Waals surface area (Å²) in [5, 5.41) is 14.4. The summed E-state index contributed by atoms with van der Waals surface area (Å²) in [4.78, 5) is 25.8. The Hall–Kier alpha value is -2.79. The number of ether oxygens (including phenoxy) is 2. The van der Waals surface area contributed by atoms with E-state index >= 15 is 0 Å². The molecular weight excluding hydrogens is 384 g/mol. The molecule has 2 amide bonds. The summed E-state index contributed by atoms with van der Waals surface area (Å²) in [5.74, 6) is 0. The zero-order chi connectivity index (χ0) is 22.8. The van der Waals surface area contributed by atoms with Crippen LogP contribution in [0.2, 0.25) is 0 Å². The lowest BCUT2D eigenvalue weighted by molar-refractivity contribution is 0.0520. The molecule has 1 aromatic carbocycles. The third-order valence-electron chi connectivity index (χ3n) is 3.68. The van der Waals surface area contributed by atoms with Gasteiger partial charge in [0.1, 0.15) is 11.2 Å². The Labute approximate surface area is 179 Å². The molecule has 0 heterocycles. The first-order valence-corrected chi connectivity index (χ1v) is 10.0. The molecule has 0 bridgehead atoms. The summed E-state index contributed by atoms with van der Waals surface area (Å²) >= 11 is 0. The number of amides is 2. The van der Waals surface area contributed by atoms with Crippen molar-refractivity contribution >= 4 is 12.2 Å². The van der Waals surface area contributed by atoms with Crippen molar-refractivity contribution in [3.63, 3.8) is 0 Å². The molecule has 0 radical (unpaired) electrons. The number of carbonyl (C=O) groups excluding carboxylic acids is 2. The molecule has 30 heavy (non-hydrogen) atoms. The lowest BCUT2D eigenvalue weighted by Gasteiger charge is -2.24. The number of nitrogens with zero attached hydrogens (tertiary/aromatic N) is 2. The van der Waals surface area contributed by atoms with Crippen LogP contribution >= 0.6 is 0 Å². The van der Waals surface area contributed by atoms with Gasteiger partial charge in [0.25, 0.3) is 0 Å². The predicted molar refractivity (Wildman–Crippen MR) is 115 cm³/mol. The van der Waals surface area contributed by atoms with E-state index in [1.807, 2.05) is 53.7 Å². The molecule has 0 aromatic heterocycles. The van der Waals surface area contributed by atoms with Crippen LogP contribution in [0.25, 0.3) is 0 Å². The topological polar surface area (TPSA) is 104 Å². The molecule has 0 aliphatic carbocycles. The van der Waals surface area contributed by atoms with Gasteiger partial charge < -0.3 is 20.1 Å². The van der Waals surface area contributed by atoms with Crippen LogP contribution in [0.1, 0.15) is 52.7 Å². The predicted octanol–water partition coefficient (Wildman–Crippen LogP) is 3.41. The van der Waals surface area contributed by atoms with Gasteiger partial charge in [-0.25, -0.2) is 9.59 Å². The maximum absolute atomic E-state index is 11.8. The fourth-order valence-electron chi connectivity index (χ4n) is 2.47. The fraction of sp³-hybridized carbons (Fsp3) is 0.591. The van der Waals surface area contributed by atoms with Crippen LogP contribution < -0.4 is 10.6 Å². The van der Waals surface area contributed by atoms with Crippen LogP contribution in [0.15, 0.2) is 24.3 Å². The first kappa shape index (κ1) is 25.2. The molecule has 0 aliphatic rings. The molecule has 1 rings (SSSR count). The van der Waals surface area contributed by atoms with Gasteiger partial charge in [-0.05, 0) is 59.2 Å². The zero-order valence-corrected chi connectivity index (χ0v) is 18.9. The van der Waals surface area contributed by atoms with E-state index in [2.05, 4.69) is 21.6 Å². The molecule has 0 spiro atoms. The maximum Gasteiger partial charge on any atom is 0.407 e. The Bertz CT molecular complexity index is 693. The molecule has 8 nitrogen and oxygen atoms in total. The largest absolute Gasteiger partial charge is 0.444 e.